The number of nitrogens with two attached hydrogens (primary N) is 1. The van der Waals surface area contributed by atoms with E-state index in [9.17, 15) is 22.8 Å². The zero-order valence-corrected chi connectivity index (χ0v) is 12.2. The minimum atomic E-state index is -4.52. The maximum Gasteiger partial charge on any atom is 0.408 e. The fourth-order valence-corrected chi connectivity index (χ4v) is 2.02. The molecule has 0 spiro atoms. The van der Waals surface area contributed by atoms with E-state index in [1.165, 1.54) is 22.9 Å². The van der Waals surface area contributed by atoms with Crippen LogP contribution in [0.4, 0.5) is 13.2 Å². The van der Waals surface area contributed by atoms with Crippen molar-refractivity contribution in [2.45, 2.75) is 32.6 Å². The van der Waals surface area contributed by atoms with Crippen molar-refractivity contribution in [3.05, 3.63) is 34.5 Å². The van der Waals surface area contributed by atoms with Crippen LogP contribution in [-0.2, 0) is 24.3 Å². The Balaban J connectivity index is 2.50. The number of primary amides is 1. The van der Waals surface area contributed by atoms with Crippen LogP contribution in [-0.4, -0.2) is 31.4 Å². The first-order chi connectivity index (χ1) is 10.7. The number of carbonyl (C=O) groups is 1. The first kappa shape index (κ1) is 16.7. The van der Waals surface area contributed by atoms with Crippen molar-refractivity contribution < 1.29 is 18.0 Å². The molecule has 0 aliphatic rings. The summed E-state index contributed by atoms with van der Waals surface area (Å²) in [5, 5.41) is 3.66. The zero-order valence-electron chi connectivity index (χ0n) is 12.2. The summed E-state index contributed by atoms with van der Waals surface area (Å²) in [6, 6.07) is 2.64. The van der Waals surface area contributed by atoms with Crippen molar-refractivity contribution in [2.75, 3.05) is 0 Å². The van der Waals surface area contributed by atoms with Gasteiger partial charge in [-0.25, -0.2) is 9.67 Å². The number of aryl methyl sites for hydroxylation is 1. The van der Waals surface area contributed by atoms with Gasteiger partial charge >= 0.3 is 6.18 Å². The molecular formula is C13H14F3N5O2. The molecule has 0 radical (unpaired) electrons. The molecule has 0 aliphatic heterocycles. The van der Waals surface area contributed by atoms with Crippen molar-refractivity contribution >= 4 is 5.91 Å². The van der Waals surface area contributed by atoms with E-state index in [2.05, 4.69) is 10.1 Å². The van der Waals surface area contributed by atoms with Gasteiger partial charge in [0.1, 0.15) is 6.54 Å². The summed E-state index contributed by atoms with van der Waals surface area (Å²) in [6.07, 6.45) is -3.45. The number of hydrogen-bond acceptors (Lipinski definition) is 4. The molecule has 0 atom stereocenters. The number of amides is 1. The van der Waals surface area contributed by atoms with Crippen molar-refractivity contribution in [1.82, 2.24) is 19.3 Å². The van der Waals surface area contributed by atoms with Crippen LogP contribution in [0, 0.1) is 0 Å². The van der Waals surface area contributed by atoms with E-state index < -0.39 is 18.6 Å². The van der Waals surface area contributed by atoms with Crippen LogP contribution in [0.25, 0.3) is 11.4 Å². The van der Waals surface area contributed by atoms with Gasteiger partial charge in [-0.1, -0.05) is 0 Å². The van der Waals surface area contributed by atoms with Gasteiger partial charge in [0.25, 0.3) is 5.56 Å². The lowest BCUT2D eigenvalue weighted by molar-refractivity contribution is -0.142. The number of halogens is 3. The number of rotatable bonds is 5. The zero-order chi connectivity index (χ0) is 17.2. The molecule has 0 saturated carbocycles. The van der Waals surface area contributed by atoms with Gasteiger partial charge in [-0.15, -0.1) is 0 Å². The predicted octanol–water partition coefficient (Wildman–Crippen LogP) is 0.717. The molecule has 2 rings (SSSR count). The highest BCUT2D eigenvalue weighted by Crippen LogP contribution is 2.22. The van der Waals surface area contributed by atoms with E-state index in [1.54, 1.807) is 6.92 Å². The molecule has 2 aromatic rings. The first-order valence-corrected chi connectivity index (χ1v) is 6.69. The lowest BCUT2D eigenvalue weighted by Gasteiger charge is -2.09. The highest BCUT2D eigenvalue weighted by Gasteiger charge is 2.31. The lowest BCUT2D eigenvalue weighted by atomic mass is 10.2. The second kappa shape index (κ2) is 6.23. The Bertz CT molecular complexity index is 779. The molecular weight excluding hydrogens is 315 g/mol. The minimum absolute atomic E-state index is 0.128. The van der Waals surface area contributed by atoms with Gasteiger partial charge in [0.2, 0.25) is 5.91 Å². The number of hydrogen-bond donors (Lipinski definition) is 1. The van der Waals surface area contributed by atoms with Crippen LogP contribution in [0.3, 0.4) is 0 Å². The number of carbonyl (C=O) groups excluding carboxylic acids is 1. The van der Waals surface area contributed by atoms with Gasteiger partial charge in [0.05, 0.1) is 6.42 Å². The Morgan fingerprint density at radius 1 is 1.39 bits per heavy atom. The van der Waals surface area contributed by atoms with E-state index in [1.807, 2.05) is 0 Å². The molecule has 0 aliphatic carbocycles. The van der Waals surface area contributed by atoms with E-state index in [0.29, 0.717) is 11.2 Å². The Labute approximate surface area is 128 Å². The van der Waals surface area contributed by atoms with Gasteiger partial charge < -0.3 is 10.3 Å². The molecule has 0 unspecified atom stereocenters. The third-order valence-electron chi connectivity index (χ3n) is 2.97. The molecule has 0 bridgehead atoms. The van der Waals surface area contributed by atoms with E-state index >= 15 is 0 Å². The molecule has 23 heavy (non-hydrogen) atoms. The van der Waals surface area contributed by atoms with Crippen molar-refractivity contribution in [1.29, 1.82) is 0 Å². The molecule has 2 aromatic heterocycles. The fraction of sp³-hybridized carbons (Fsp3) is 0.385. The summed E-state index contributed by atoms with van der Waals surface area (Å²) in [4.78, 5) is 26.6. The molecule has 2 N–H and O–H groups in total. The summed E-state index contributed by atoms with van der Waals surface area (Å²) in [5.41, 5.74) is 4.82. The highest BCUT2D eigenvalue weighted by molar-refractivity contribution is 5.75. The topological polar surface area (TPSA) is 95.8 Å². The Kier molecular flexibility index (Phi) is 4.52. The van der Waals surface area contributed by atoms with Crippen LogP contribution in [0.2, 0.25) is 0 Å². The minimum Gasteiger partial charge on any atom is -0.369 e. The third-order valence-corrected chi connectivity index (χ3v) is 2.97. The second-order valence-electron chi connectivity index (χ2n) is 4.81. The summed E-state index contributed by atoms with van der Waals surface area (Å²) < 4.78 is 40.0. The smallest absolute Gasteiger partial charge is 0.369 e. The van der Waals surface area contributed by atoms with Crippen LogP contribution < -0.4 is 11.3 Å². The average molecular weight is 329 g/mol. The van der Waals surface area contributed by atoms with Gasteiger partial charge in [-0.05, 0) is 13.0 Å². The second-order valence-corrected chi connectivity index (χ2v) is 4.81. The molecule has 124 valence electrons. The van der Waals surface area contributed by atoms with Gasteiger partial charge in [-0.3, -0.25) is 9.59 Å². The molecule has 7 nitrogen and oxygen atoms in total. The molecule has 0 aromatic carbocycles. The van der Waals surface area contributed by atoms with Crippen molar-refractivity contribution in [3.8, 4) is 11.4 Å². The molecule has 0 fully saturated rings. The molecule has 10 heteroatoms. The van der Waals surface area contributed by atoms with Crippen LogP contribution in [0.5, 0.6) is 0 Å². The van der Waals surface area contributed by atoms with E-state index in [0.717, 1.165) is 0 Å². The first-order valence-electron chi connectivity index (χ1n) is 6.69. The maximum atomic E-state index is 12.7. The number of pyridine rings is 1. The monoisotopic (exact) mass is 329 g/mol. The van der Waals surface area contributed by atoms with Crippen LogP contribution in [0.15, 0.2) is 23.1 Å². The van der Waals surface area contributed by atoms with Crippen molar-refractivity contribution in [2.24, 2.45) is 5.73 Å². The van der Waals surface area contributed by atoms with Gasteiger partial charge in [-0.2, -0.15) is 18.3 Å². The van der Waals surface area contributed by atoms with E-state index in [4.69, 9.17) is 5.73 Å². The standard InChI is InChI=1S/C13H14F3N5O2/c1-2-20-4-3-8(5-11(20)23)12-18-10(6-9(17)22)19-21(12)7-13(14,15)16/h3-5H,2,6-7H2,1H3,(H2,17,22). The van der Waals surface area contributed by atoms with E-state index in [-0.39, 0.29) is 29.2 Å². The molecule has 2 heterocycles. The summed E-state index contributed by atoms with van der Waals surface area (Å²) in [6.45, 7) is 0.810. The summed E-state index contributed by atoms with van der Waals surface area (Å²) >= 11 is 0. The molecule has 1 amide bonds. The Hall–Kier alpha value is -2.65. The normalized spacial score (nSPS) is 11.7. The Morgan fingerprint density at radius 2 is 2.09 bits per heavy atom. The van der Waals surface area contributed by atoms with Gasteiger partial charge in [0.15, 0.2) is 11.6 Å². The summed E-state index contributed by atoms with van der Waals surface area (Å²) in [7, 11) is 0. The van der Waals surface area contributed by atoms with Gasteiger partial charge in [0, 0.05) is 24.4 Å². The molecule has 0 saturated heterocycles. The highest BCUT2D eigenvalue weighted by atomic mass is 19.4. The average Bonchev–Trinajstić information content (AvgIpc) is 2.78. The van der Waals surface area contributed by atoms with Crippen molar-refractivity contribution in [3.63, 3.8) is 0 Å². The van der Waals surface area contributed by atoms with Crippen LogP contribution in [0.1, 0.15) is 12.7 Å². The third kappa shape index (κ3) is 4.18. The predicted molar refractivity (Wildman–Crippen MR) is 74.3 cm³/mol. The SMILES string of the molecule is CCn1ccc(-c2nc(CC(N)=O)nn2CC(F)(F)F)cc1=O. The largest absolute Gasteiger partial charge is 0.408 e. The van der Waals surface area contributed by atoms with Crippen LogP contribution >= 0.6 is 0 Å². The number of aromatic nitrogens is 4. The quantitative estimate of drug-likeness (QED) is 0.874. The summed E-state index contributed by atoms with van der Waals surface area (Å²) in [5.74, 6) is -1.03. The lowest BCUT2D eigenvalue weighted by Crippen LogP contribution is -2.21. The Morgan fingerprint density at radius 3 is 2.61 bits per heavy atom. The maximum absolute atomic E-state index is 12.7. The number of alkyl halides is 3. The number of nitrogens with zero attached hydrogens (tertiary/aromatic N) is 4. The fourth-order valence-electron chi connectivity index (χ4n) is 2.02.